The molecule has 0 amide bonds. The Morgan fingerprint density at radius 3 is 2.76 bits per heavy atom. The van der Waals surface area contributed by atoms with Crippen LogP contribution in [-0.4, -0.2) is 49.3 Å². The van der Waals surface area contributed by atoms with E-state index >= 15 is 0 Å². The topological polar surface area (TPSA) is 24.5 Å². The molecule has 0 spiro atoms. The molecule has 0 aromatic rings. The predicted octanol–water partition coefficient (Wildman–Crippen LogP) is 2.02. The number of hydrogen-bond donors (Lipinski definition) is 1. The van der Waals surface area contributed by atoms with Gasteiger partial charge in [0.05, 0.1) is 12.1 Å². The first-order valence-corrected chi connectivity index (χ1v) is 7.19. The van der Waals surface area contributed by atoms with Gasteiger partial charge in [0.25, 0.3) is 0 Å². The van der Waals surface area contributed by atoms with E-state index in [2.05, 4.69) is 24.1 Å². The Kier molecular flexibility index (Phi) is 4.45. The third kappa shape index (κ3) is 2.67. The van der Waals surface area contributed by atoms with Gasteiger partial charge in [-0.05, 0) is 52.6 Å². The molecule has 3 nitrogen and oxygen atoms in total. The Bertz CT molecular complexity index is 231. The van der Waals surface area contributed by atoms with Gasteiger partial charge in [0.15, 0.2) is 0 Å². The number of methoxy groups -OCH3 is 1. The molecule has 0 radical (unpaired) electrons. The molecule has 0 aliphatic carbocycles. The minimum atomic E-state index is 0.216. The van der Waals surface area contributed by atoms with E-state index in [1.807, 2.05) is 7.11 Å². The average molecular weight is 240 g/mol. The second kappa shape index (κ2) is 5.68. The lowest BCUT2D eigenvalue weighted by molar-refractivity contribution is 0.0193. The Morgan fingerprint density at radius 2 is 2.18 bits per heavy atom. The van der Waals surface area contributed by atoms with Gasteiger partial charge in [-0.15, -0.1) is 0 Å². The van der Waals surface area contributed by atoms with Gasteiger partial charge in [0, 0.05) is 19.2 Å². The second-order valence-corrected chi connectivity index (χ2v) is 5.96. The van der Waals surface area contributed by atoms with Crippen LogP contribution in [0.4, 0.5) is 0 Å². The summed E-state index contributed by atoms with van der Waals surface area (Å²) in [6, 6.07) is 1.32. The van der Waals surface area contributed by atoms with E-state index in [-0.39, 0.29) is 5.54 Å². The number of ether oxygens (including phenoxy) is 1. The zero-order valence-corrected chi connectivity index (χ0v) is 11.7. The van der Waals surface area contributed by atoms with E-state index in [9.17, 15) is 0 Å². The van der Waals surface area contributed by atoms with Crippen LogP contribution in [0, 0.1) is 0 Å². The molecule has 0 aromatic carbocycles. The maximum Gasteiger partial charge on any atom is 0.0659 e. The summed E-state index contributed by atoms with van der Waals surface area (Å²) in [5, 5.41) is 3.79. The Labute approximate surface area is 106 Å². The molecule has 2 atom stereocenters. The maximum absolute atomic E-state index is 5.54. The van der Waals surface area contributed by atoms with Crippen LogP contribution >= 0.6 is 0 Å². The highest BCUT2D eigenvalue weighted by molar-refractivity contribution is 5.04. The fourth-order valence-electron chi connectivity index (χ4n) is 3.75. The monoisotopic (exact) mass is 240 g/mol. The van der Waals surface area contributed by atoms with Gasteiger partial charge in [0.2, 0.25) is 0 Å². The summed E-state index contributed by atoms with van der Waals surface area (Å²) >= 11 is 0. The average Bonchev–Trinajstić information content (AvgIpc) is 2.80. The van der Waals surface area contributed by atoms with Crippen LogP contribution in [-0.2, 0) is 4.74 Å². The van der Waals surface area contributed by atoms with Crippen LogP contribution in [0.15, 0.2) is 0 Å². The maximum atomic E-state index is 5.54. The number of nitrogens with zero attached hydrogens (tertiary/aromatic N) is 1. The first-order chi connectivity index (χ1) is 8.19. The summed E-state index contributed by atoms with van der Waals surface area (Å²) in [5.74, 6) is 0. The highest BCUT2D eigenvalue weighted by atomic mass is 16.5. The van der Waals surface area contributed by atoms with Crippen molar-refractivity contribution in [3.63, 3.8) is 0 Å². The van der Waals surface area contributed by atoms with E-state index in [0.717, 1.165) is 13.2 Å². The largest absolute Gasteiger partial charge is 0.383 e. The second-order valence-electron chi connectivity index (χ2n) is 5.96. The van der Waals surface area contributed by atoms with Crippen molar-refractivity contribution >= 4 is 0 Å². The molecule has 2 aliphatic rings. The van der Waals surface area contributed by atoms with Gasteiger partial charge >= 0.3 is 0 Å². The van der Waals surface area contributed by atoms with Crippen molar-refractivity contribution in [2.75, 3.05) is 26.8 Å². The number of likely N-dealkylation sites (tertiary alicyclic amines) is 1. The van der Waals surface area contributed by atoms with Crippen LogP contribution in [0.2, 0.25) is 0 Å². The van der Waals surface area contributed by atoms with Crippen LogP contribution in [0.3, 0.4) is 0 Å². The first-order valence-electron chi connectivity index (χ1n) is 7.19. The summed E-state index contributed by atoms with van der Waals surface area (Å²) in [5.41, 5.74) is 0.216. The molecular weight excluding hydrogens is 212 g/mol. The van der Waals surface area contributed by atoms with Crippen molar-refractivity contribution in [2.45, 2.75) is 63.6 Å². The highest BCUT2D eigenvalue weighted by Gasteiger charge is 2.45. The normalized spacial score (nSPS) is 35.6. The third-order valence-corrected chi connectivity index (χ3v) is 4.52. The number of rotatable bonds is 4. The molecule has 0 saturated carbocycles. The SMILES string of the molecule is COCC1(C2CCCN2C(C)C)CCCCN1. The summed E-state index contributed by atoms with van der Waals surface area (Å²) in [6.45, 7) is 7.92. The fraction of sp³-hybridized carbons (Fsp3) is 1.00. The Balaban J connectivity index is 2.13. The zero-order valence-electron chi connectivity index (χ0n) is 11.7. The van der Waals surface area contributed by atoms with Gasteiger partial charge in [0.1, 0.15) is 0 Å². The van der Waals surface area contributed by atoms with Gasteiger partial charge in [-0.25, -0.2) is 0 Å². The predicted molar refractivity (Wildman–Crippen MR) is 71.3 cm³/mol. The molecule has 2 heterocycles. The summed E-state index contributed by atoms with van der Waals surface area (Å²) in [7, 11) is 1.84. The quantitative estimate of drug-likeness (QED) is 0.813. The van der Waals surface area contributed by atoms with E-state index < -0.39 is 0 Å². The van der Waals surface area contributed by atoms with Crippen molar-refractivity contribution < 1.29 is 4.74 Å². The van der Waals surface area contributed by atoms with Gasteiger partial charge in [-0.3, -0.25) is 4.90 Å². The molecule has 17 heavy (non-hydrogen) atoms. The van der Waals surface area contributed by atoms with Crippen molar-refractivity contribution in [2.24, 2.45) is 0 Å². The summed E-state index contributed by atoms with van der Waals surface area (Å²) in [6.07, 6.45) is 6.61. The van der Waals surface area contributed by atoms with Gasteiger partial charge in [-0.2, -0.15) is 0 Å². The molecule has 0 bridgehead atoms. The third-order valence-electron chi connectivity index (χ3n) is 4.52. The summed E-state index contributed by atoms with van der Waals surface area (Å²) < 4.78 is 5.54. The minimum Gasteiger partial charge on any atom is -0.383 e. The number of nitrogens with one attached hydrogen (secondary N) is 1. The first kappa shape index (κ1) is 13.3. The van der Waals surface area contributed by atoms with Crippen molar-refractivity contribution in [1.82, 2.24) is 10.2 Å². The van der Waals surface area contributed by atoms with Crippen molar-refractivity contribution in [3.8, 4) is 0 Å². The molecular formula is C14H28N2O. The van der Waals surface area contributed by atoms with Gasteiger partial charge in [-0.1, -0.05) is 6.42 Å². The molecule has 100 valence electrons. The lowest BCUT2D eigenvalue weighted by Gasteiger charge is -2.47. The lowest BCUT2D eigenvalue weighted by Crippen LogP contribution is -2.64. The van der Waals surface area contributed by atoms with Crippen LogP contribution < -0.4 is 5.32 Å². The van der Waals surface area contributed by atoms with Crippen molar-refractivity contribution in [1.29, 1.82) is 0 Å². The molecule has 1 N–H and O–H groups in total. The minimum absolute atomic E-state index is 0.216. The summed E-state index contributed by atoms with van der Waals surface area (Å²) in [4.78, 5) is 2.68. The Hall–Kier alpha value is -0.120. The lowest BCUT2D eigenvalue weighted by atomic mass is 9.81. The van der Waals surface area contributed by atoms with Crippen LogP contribution in [0.5, 0.6) is 0 Å². The highest BCUT2D eigenvalue weighted by Crippen LogP contribution is 2.34. The molecule has 2 saturated heterocycles. The molecule has 3 heteroatoms. The fourth-order valence-corrected chi connectivity index (χ4v) is 3.75. The van der Waals surface area contributed by atoms with Crippen LogP contribution in [0.1, 0.15) is 46.0 Å². The van der Waals surface area contributed by atoms with Gasteiger partial charge < -0.3 is 10.1 Å². The molecule has 2 fully saturated rings. The molecule has 0 aromatic heterocycles. The molecule has 2 unspecified atom stereocenters. The Morgan fingerprint density at radius 1 is 1.35 bits per heavy atom. The van der Waals surface area contributed by atoms with E-state index in [1.165, 1.54) is 38.6 Å². The van der Waals surface area contributed by atoms with Crippen LogP contribution in [0.25, 0.3) is 0 Å². The van der Waals surface area contributed by atoms with E-state index in [4.69, 9.17) is 4.74 Å². The van der Waals surface area contributed by atoms with Crippen molar-refractivity contribution in [3.05, 3.63) is 0 Å². The number of piperidine rings is 1. The number of hydrogen-bond acceptors (Lipinski definition) is 3. The van der Waals surface area contributed by atoms with E-state index in [0.29, 0.717) is 12.1 Å². The zero-order chi connectivity index (χ0) is 12.3. The standard InChI is InChI=1S/C14H28N2O/c1-12(2)16-10-6-7-13(16)14(11-17-3)8-4-5-9-15-14/h12-13,15H,4-11H2,1-3H3. The molecule has 2 aliphatic heterocycles. The smallest absolute Gasteiger partial charge is 0.0659 e. The molecule has 2 rings (SSSR count). The van der Waals surface area contributed by atoms with E-state index in [1.54, 1.807) is 0 Å².